The van der Waals surface area contributed by atoms with Gasteiger partial charge in [0.2, 0.25) is 5.91 Å². The van der Waals surface area contributed by atoms with Gasteiger partial charge < -0.3 is 10.4 Å². The SMILES string of the molecule is O=C1NCC[C@H]1O. The first-order valence-corrected chi connectivity index (χ1v) is 2.26. The normalized spacial score (nSPS) is 30.4. The monoisotopic (exact) mass is 101 g/mol. The maximum Gasteiger partial charge on any atom is 0.248 e. The Labute approximate surface area is 41.3 Å². The first kappa shape index (κ1) is 4.59. The lowest BCUT2D eigenvalue weighted by molar-refractivity contribution is -0.126. The van der Waals surface area contributed by atoms with E-state index < -0.39 is 6.10 Å². The molecular formula is C4H7NO2. The van der Waals surface area contributed by atoms with Crippen molar-refractivity contribution >= 4 is 5.91 Å². The standard InChI is InChI=1S/C4H7NO2/c6-3-1-2-5-4(3)7/h3,6H,1-2H2,(H,5,7)/t3-/m1/s1. The smallest absolute Gasteiger partial charge is 0.248 e. The molecule has 3 nitrogen and oxygen atoms in total. The van der Waals surface area contributed by atoms with Gasteiger partial charge in [-0.25, -0.2) is 0 Å². The topological polar surface area (TPSA) is 49.3 Å². The predicted molar refractivity (Wildman–Crippen MR) is 23.6 cm³/mol. The third-order valence-electron chi connectivity index (χ3n) is 1.02. The highest BCUT2D eigenvalue weighted by Gasteiger charge is 2.19. The van der Waals surface area contributed by atoms with Gasteiger partial charge >= 0.3 is 0 Å². The molecule has 2 N–H and O–H groups in total. The number of hydrogen-bond donors (Lipinski definition) is 2. The molecule has 1 saturated heterocycles. The molecule has 1 fully saturated rings. The van der Waals surface area contributed by atoms with E-state index in [0.717, 1.165) is 0 Å². The van der Waals surface area contributed by atoms with Crippen molar-refractivity contribution in [3.05, 3.63) is 0 Å². The van der Waals surface area contributed by atoms with Crippen molar-refractivity contribution in [2.24, 2.45) is 0 Å². The highest BCUT2D eigenvalue weighted by molar-refractivity contribution is 5.82. The second kappa shape index (κ2) is 1.50. The minimum absolute atomic E-state index is 0.236. The molecule has 7 heavy (non-hydrogen) atoms. The Balaban J connectivity index is 2.48. The molecule has 0 unspecified atom stereocenters. The number of rotatable bonds is 0. The lowest BCUT2D eigenvalue weighted by Gasteiger charge is -1.90. The first-order valence-electron chi connectivity index (χ1n) is 2.26. The molecule has 0 saturated carbocycles. The van der Waals surface area contributed by atoms with Crippen molar-refractivity contribution in [1.29, 1.82) is 0 Å². The summed E-state index contributed by atoms with van der Waals surface area (Å²) in [6, 6.07) is 0. The van der Waals surface area contributed by atoms with E-state index in [4.69, 9.17) is 5.11 Å². The average Bonchev–Trinajstić information content (AvgIpc) is 1.91. The summed E-state index contributed by atoms with van der Waals surface area (Å²) >= 11 is 0. The van der Waals surface area contributed by atoms with Crippen LogP contribution in [0.25, 0.3) is 0 Å². The highest BCUT2D eigenvalue weighted by atomic mass is 16.3. The summed E-state index contributed by atoms with van der Waals surface area (Å²) in [7, 11) is 0. The quantitative estimate of drug-likeness (QED) is 0.405. The van der Waals surface area contributed by atoms with Crippen LogP contribution in [0.3, 0.4) is 0 Å². The summed E-state index contributed by atoms with van der Waals surface area (Å²) in [5.74, 6) is -0.236. The molecule has 3 heteroatoms. The Bertz CT molecular complexity index is 91.7. The number of amides is 1. The first-order chi connectivity index (χ1) is 3.30. The van der Waals surface area contributed by atoms with Crippen molar-refractivity contribution in [2.45, 2.75) is 12.5 Å². The summed E-state index contributed by atoms with van der Waals surface area (Å²) < 4.78 is 0. The summed E-state index contributed by atoms with van der Waals surface area (Å²) in [4.78, 5) is 10.2. The number of carbonyl (C=O) groups is 1. The number of carbonyl (C=O) groups excluding carboxylic acids is 1. The van der Waals surface area contributed by atoms with Crippen LogP contribution in [0.15, 0.2) is 0 Å². The molecule has 0 aliphatic carbocycles. The zero-order chi connectivity index (χ0) is 5.28. The third-order valence-corrected chi connectivity index (χ3v) is 1.02. The van der Waals surface area contributed by atoms with E-state index in [1.54, 1.807) is 0 Å². The molecular weight excluding hydrogens is 94.0 g/mol. The molecule has 1 rings (SSSR count). The Kier molecular flexibility index (Phi) is 0.982. The van der Waals surface area contributed by atoms with Crippen LogP contribution in [0, 0.1) is 0 Å². The minimum atomic E-state index is -0.736. The Morgan fingerprint density at radius 1 is 1.86 bits per heavy atom. The summed E-state index contributed by atoms with van der Waals surface area (Å²) in [6.45, 7) is 0.625. The van der Waals surface area contributed by atoms with E-state index in [0.29, 0.717) is 13.0 Å². The van der Waals surface area contributed by atoms with E-state index in [-0.39, 0.29) is 5.91 Å². The Hall–Kier alpha value is -0.570. The zero-order valence-electron chi connectivity index (χ0n) is 3.85. The van der Waals surface area contributed by atoms with Crippen molar-refractivity contribution in [3.63, 3.8) is 0 Å². The largest absolute Gasteiger partial charge is 0.383 e. The second-order valence-corrected chi connectivity index (χ2v) is 1.60. The molecule has 1 aliphatic heterocycles. The van der Waals surface area contributed by atoms with Gasteiger partial charge in [-0.15, -0.1) is 0 Å². The van der Waals surface area contributed by atoms with Crippen LogP contribution in [0.1, 0.15) is 6.42 Å². The number of hydrogen-bond acceptors (Lipinski definition) is 2. The van der Waals surface area contributed by atoms with Crippen molar-refractivity contribution < 1.29 is 9.90 Å². The van der Waals surface area contributed by atoms with Gasteiger partial charge in [-0.3, -0.25) is 4.79 Å². The zero-order valence-corrected chi connectivity index (χ0v) is 3.85. The maximum atomic E-state index is 10.2. The van der Waals surface area contributed by atoms with Crippen molar-refractivity contribution in [3.8, 4) is 0 Å². The van der Waals surface area contributed by atoms with E-state index in [9.17, 15) is 4.79 Å². The van der Waals surface area contributed by atoms with Gasteiger partial charge in [0.25, 0.3) is 0 Å². The molecule has 0 radical (unpaired) electrons. The molecule has 1 aliphatic rings. The molecule has 1 amide bonds. The van der Waals surface area contributed by atoms with E-state index in [2.05, 4.69) is 5.32 Å². The lowest BCUT2D eigenvalue weighted by Crippen LogP contribution is -2.21. The van der Waals surface area contributed by atoms with Crippen LogP contribution in [0.4, 0.5) is 0 Å². The van der Waals surface area contributed by atoms with Crippen LogP contribution >= 0.6 is 0 Å². The van der Waals surface area contributed by atoms with E-state index >= 15 is 0 Å². The third kappa shape index (κ3) is 0.718. The van der Waals surface area contributed by atoms with Gasteiger partial charge in [0, 0.05) is 6.54 Å². The molecule has 0 aromatic heterocycles. The molecule has 40 valence electrons. The molecule has 0 aromatic carbocycles. The highest BCUT2D eigenvalue weighted by Crippen LogP contribution is 1.96. The fourth-order valence-corrected chi connectivity index (χ4v) is 0.581. The Morgan fingerprint density at radius 3 is 2.71 bits per heavy atom. The van der Waals surface area contributed by atoms with Crippen LogP contribution < -0.4 is 5.32 Å². The molecule has 0 aromatic rings. The van der Waals surface area contributed by atoms with Crippen molar-refractivity contribution in [2.75, 3.05) is 6.54 Å². The molecule has 1 atom stereocenters. The number of nitrogens with one attached hydrogen (secondary N) is 1. The van der Waals surface area contributed by atoms with Crippen LogP contribution in [-0.4, -0.2) is 23.7 Å². The lowest BCUT2D eigenvalue weighted by atomic mass is 10.3. The summed E-state index contributed by atoms with van der Waals surface area (Å²) in [5, 5.41) is 11.1. The fourth-order valence-electron chi connectivity index (χ4n) is 0.581. The Morgan fingerprint density at radius 2 is 2.57 bits per heavy atom. The van der Waals surface area contributed by atoms with Gasteiger partial charge in [0.1, 0.15) is 6.10 Å². The predicted octanol–water partition coefficient (Wildman–Crippen LogP) is -1.13. The van der Waals surface area contributed by atoms with Crippen LogP contribution in [0.2, 0.25) is 0 Å². The maximum absolute atomic E-state index is 10.2. The number of aliphatic hydroxyl groups is 1. The fraction of sp³-hybridized carbons (Fsp3) is 0.750. The van der Waals surface area contributed by atoms with Gasteiger partial charge in [-0.2, -0.15) is 0 Å². The average molecular weight is 101 g/mol. The van der Waals surface area contributed by atoms with Gasteiger partial charge in [-0.05, 0) is 6.42 Å². The minimum Gasteiger partial charge on any atom is -0.383 e. The van der Waals surface area contributed by atoms with Crippen molar-refractivity contribution in [1.82, 2.24) is 5.32 Å². The summed E-state index contributed by atoms with van der Waals surface area (Å²) in [6.07, 6.45) is -0.168. The van der Waals surface area contributed by atoms with Crippen LogP contribution in [-0.2, 0) is 4.79 Å². The van der Waals surface area contributed by atoms with E-state index in [1.807, 2.05) is 0 Å². The van der Waals surface area contributed by atoms with Gasteiger partial charge in [0.05, 0.1) is 0 Å². The molecule has 1 heterocycles. The van der Waals surface area contributed by atoms with E-state index in [1.165, 1.54) is 0 Å². The molecule has 0 spiro atoms. The second-order valence-electron chi connectivity index (χ2n) is 1.60. The number of aliphatic hydroxyl groups excluding tert-OH is 1. The summed E-state index contributed by atoms with van der Waals surface area (Å²) in [5.41, 5.74) is 0. The van der Waals surface area contributed by atoms with Gasteiger partial charge in [0.15, 0.2) is 0 Å². The molecule has 0 bridgehead atoms. The van der Waals surface area contributed by atoms with Crippen LogP contribution in [0.5, 0.6) is 0 Å². The van der Waals surface area contributed by atoms with Gasteiger partial charge in [-0.1, -0.05) is 0 Å².